The summed E-state index contributed by atoms with van der Waals surface area (Å²) in [6.45, 7) is 3.40. The van der Waals surface area contributed by atoms with Gasteiger partial charge in [-0.25, -0.2) is 4.39 Å². The molecule has 0 radical (unpaired) electrons. The van der Waals surface area contributed by atoms with Gasteiger partial charge in [0.1, 0.15) is 5.82 Å². The molecule has 1 aliphatic heterocycles. The molecule has 0 aliphatic carbocycles. The maximum absolute atomic E-state index is 13.0. The van der Waals surface area contributed by atoms with E-state index < -0.39 is 0 Å². The third-order valence-electron chi connectivity index (χ3n) is 3.65. The van der Waals surface area contributed by atoms with Crippen molar-refractivity contribution in [2.24, 2.45) is 11.7 Å². The fourth-order valence-corrected chi connectivity index (χ4v) is 2.98. The van der Waals surface area contributed by atoms with E-state index in [4.69, 9.17) is 5.73 Å². The Morgan fingerprint density at radius 3 is 2.85 bits per heavy atom. The SMILES string of the molecule is CC(N)C1CCCN(C(=O)c2ccc(F)cc2Br)C1.Cl. The van der Waals surface area contributed by atoms with Gasteiger partial charge in [-0.2, -0.15) is 0 Å². The van der Waals surface area contributed by atoms with Gasteiger partial charge < -0.3 is 10.6 Å². The first-order valence-corrected chi connectivity index (χ1v) is 7.28. The zero-order valence-corrected chi connectivity index (χ0v) is 13.7. The van der Waals surface area contributed by atoms with Gasteiger partial charge in [-0.1, -0.05) is 0 Å². The number of hydrogen-bond acceptors (Lipinski definition) is 2. The van der Waals surface area contributed by atoms with E-state index in [1.54, 1.807) is 0 Å². The molecule has 2 rings (SSSR count). The number of benzene rings is 1. The molecule has 1 aliphatic rings. The summed E-state index contributed by atoms with van der Waals surface area (Å²) in [5, 5.41) is 0. The molecule has 1 heterocycles. The number of nitrogens with zero attached hydrogens (tertiary/aromatic N) is 1. The van der Waals surface area contributed by atoms with E-state index in [0.717, 1.165) is 19.4 Å². The van der Waals surface area contributed by atoms with Crippen LogP contribution in [-0.4, -0.2) is 29.9 Å². The Morgan fingerprint density at radius 1 is 1.55 bits per heavy atom. The molecule has 0 bridgehead atoms. The summed E-state index contributed by atoms with van der Waals surface area (Å²) in [5.41, 5.74) is 6.43. The molecule has 20 heavy (non-hydrogen) atoms. The molecule has 2 unspecified atom stereocenters. The Morgan fingerprint density at radius 2 is 2.25 bits per heavy atom. The number of nitrogens with two attached hydrogens (primary N) is 1. The quantitative estimate of drug-likeness (QED) is 0.875. The van der Waals surface area contributed by atoms with Crippen molar-refractivity contribution >= 4 is 34.2 Å². The highest BCUT2D eigenvalue weighted by atomic mass is 79.9. The van der Waals surface area contributed by atoms with Crippen LogP contribution in [0.4, 0.5) is 4.39 Å². The van der Waals surface area contributed by atoms with Crippen molar-refractivity contribution in [2.45, 2.75) is 25.8 Å². The minimum atomic E-state index is -0.351. The van der Waals surface area contributed by atoms with Crippen molar-refractivity contribution in [3.63, 3.8) is 0 Å². The van der Waals surface area contributed by atoms with Crippen molar-refractivity contribution in [3.05, 3.63) is 34.1 Å². The standard InChI is InChI=1S/C14H18BrFN2O.ClH/c1-9(17)10-3-2-6-18(8-10)14(19)12-5-4-11(16)7-13(12)15;/h4-5,7,9-10H,2-3,6,8,17H2,1H3;1H. The summed E-state index contributed by atoms with van der Waals surface area (Å²) in [5.74, 6) is -0.0651. The second-order valence-corrected chi connectivity index (χ2v) is 5.99. The Kier molecular flexibility index (Phi) is 6.43. The van der Waals surface area contributed by atoms with Gasteiger partial charge in [-0.15, -0.1) is 12.4 Å². The fourth-order valence-electron chi connectivity index (χ4n) is 2.46. The first-order chi connectivity index (χ1) is 8.99. The lowest BCUT2D eigenvalue weighted by atomic mass is 9.92. The maximum Gasteiger partial charge on any atom is 0.255 e. The Hall–Kier alpha value is -0.650. The van der Waals surface area contributed by atoms with E-state index in [-0.39, 0.29) is 30.2 Å². The monoisotopic (exact) mass is 364 g/mol. The van der Waals surface area contributed by atoms with Gasteiger partial charge in [0.25, 0.3) is 5.91 Å². The molecule has 1 amide bonds. The van der Waals surface area contributed by atoms with E-state index in [0.29, 0.717) is 22.5 Å². The van der Waals surface area contributed by atoms with E-state index in [1.807, 2.05) is 11.8 Å². The van der Waals surface area contributed by atoms with Crippen LogP contribution in [0.15, 0.2) is 22.7 Å². The van der Waals surface area contributed by atoms with Gasteiger partial charge in [-0.3, -0.25) is 4.79 Å². The highest BCUT2D eigenvalue weighted by molar-refractivity contribution is 9.10. The predicted octanol–water partition coefficient (Wildman–Crippen LogP) is 3.21. The van der Waals surface area contributed by atoms with Gasteiger partial charge in [0.15, 0.2) is 0 Å². The Bertz CT molecular complexity index is 484. The van der Waals surface area contributed by atoms with Crippen LogP contribution in [0.1, 0.15) is 30.1 Å². The third kappa shape index (κ3) is 3.93. The van der Waals surface area contributed by atoms with Gasteiger partial charge in [0.2, 0.25) is 0 Å². The van der Waals surface area contributed by atoms with Crippen molar-refractivity contribution < 1.29 is 9.18 Å². The van der Waals surface area contributed by atoms with Crippen molar-refractivity contribution in [1.29, 1.82) is 0 Å². The molecule has 1 fully saturated rings. The van der Waals surface area contributed by atoms with E-state index in [2.05, 4.69) is 15.9 Å². The molecular formula is C14H19BrClFN2O. The molecule has 0 spiro atoms. The van der Waals surface area contributed by atoms with Crippen LogP contribution in [-0.2, 0) is 0 Å². The minimum absolute atomic E-state index is 0. The van der Waals surface area contributed by atoms with Gasteiger partial charge >= 0.3 is 0 Å². The van der Waals surface area contributed by atoms with Crippen LogP contribution in [0.25, 0.3) is 0 Å². The third-order valence-corrected chi connectivity index (χ3v) is 4.31. The number of carbonyl (C=O) groups is 1. The average Bonchev–Trinajstić information content (AvgIpc) is 2.38. The smallest absolute Gasteiger partial charge is 0.255 e. The highest BCUT2D eigenvalue weighted by Crippen LogP contribution is 2.24. The predicted molar refractivity (Wildman–Crippen MR) is 83.6 cm³/mol. The van der Waals surface area contributed by atoms with Crippen LogP contribution in [0.5, 0.6) is 0 Å². The molecule has 2 N–H and O–H groups in total. The van der Waals surface area contributed by atoms with Crippen LogP contribution in [0, 0.1) is 11.7 Å². The van der Waals surface area contributed by atoms with Crippen LogP contribution >= 0.6 is 28.3 Å². The molecule has 112 valence electrons. The highest BCUT2D eigenvalue weighted by Gasteiger charge is 2.27. The maximum atomic E-state index is 13.0. The fraction of sp³-hybridized carbons (Fsp3) is 0.500. The molecule has 6 heteroatoms. The zero-order valence-electron chi connectivity index (χ0n) is 11.3. The molecule has 1 aromatic rings. The number of hydrogen-bond donors (Lipinski definition) is 1. The summed E-state index contributed by atoms with van der Waals surface area (Å²) < 4.78 is 13.5. The second kappa shape index (κ2) is 7.38. The van der Waals surface area contributed by atoms with Crippen LogP contribution in [0.3, 0.4) is 0 Å². The number of likely N-dealkylation sites (tertiary alicyclic amines) is 1. The Labute approximate surface area is 133 Å². The molecular weight excluding hydrogens is 347 g/mol. The molecule has 0 saturated carbocycles. The molecule has 1 saturated heterocycles. The van der Waals surface area contributed by atoms with Gasteiger partial charge in [0.05, 0.1) is 5.56 Å². The lowest BCUT2D eigenvalue weighted by Gasteiger charge is -2.34. The first kappa shape index (κ1) is 17.4. The summed E-state index contributed by atoms with van der Waals surface area (Å²) in [6.07, 6.45) is 2.03. The lowest BCUT2D eigenvalue weighted by molar-refractivity contribution is 0.0660. The van der Waals surface area contributed by atoms with Crippen molar-refractivity contribution in [1.82, 2.24) is 4.90 Å². The van der Waals surface area contributed by atoms with Crippen molar-refractivity contribution in [3.8, 4) is 0 Å². The van der Waals surface area contributed by atoms with Gasteiger partial charge in [-0.05, 0) is 59.8 Å². The molecule has 2 atom stereocenters. The number of piperidine rings is 1. The topological polar surface area (TPSA) is 46.3 Å². The van der Waals surface area contributed by atoms with Crippen LogP contribution < -0.4 is 5.73 Å². The summed E-state index contributed by atoms with van der Waals surface area (Å²) in [4.78, 5) is 14.2. The van der Waals surface area contributed by atoms with E-state index in [1.165, 1.54) is 18.2 Å². The number of halogens is 3. The zero-order chi connectivity index (χ0) is 14.0. The normalized spacial score (nSPS) is 20.2. The summed E-state index contributed by atoms with van der Waals surface area (Å²) >= 11 is 3.25. The summed E-state index contributed by atoms with van der Waals surface area (Å²) in [7, 11) is 0. The molecule has 0 aromatic heterocycles. The van der Waals surface area contributed by atoms with Crippen molar-refractivity contribution in [2.75, 3.05) is 13.1 Å². The number of carbonyl (C=O) groups excluding carboxylic acids is 1. The first-order valence-electron chi connectivity index (χ1n) is 6.49. The molecule has 3 nitrogen and oxygen atoms in total. The lowest BCUT2D eigenvalue weighted by Crippen LogP contribution is -2.45. The number of amides is 1. The largest absolute Gasteiger partial charge is 0.338 e. The van der Waals surface area contributed by atoms with Gasteiger partial charge in [0, 0.05) is 23.6 Å². The Balaban J connectivity index is 0.00000200. The molecule has 1 aromatic carbocycles. The average molecular weight is 366 g/mol. The number of rotatable bonds is 2. The van der Waals surface area contributed by atoms with E-state index >= 15 is 0 Å². The second-order valence-electron chi connectivity index (χ2n) is 5.14. The van der Waals surface area contributed by atoms with E-state index in [9.17, 15) is 9.18 Å². The summed E-state index contributed by atoms with van der Waals surface area (Å²) in [6, 6.07) is 4.25. The van der Waals surface area contributed by atoms with Crippen LogP contribution in [0.2, 0.25) is 0 Å². The minimum Gasteiger partial charge on any atom is -0.338 e.